The van der Waals surface area contributed by atoms with Gasteiger partial charge in [-0.05, 0) is 59.9 Å². The molecule has 0 atom stereocenters. The Labute approximate surface area is 166 Å². The Morgan fingerprint density at radius 2 is 1.75 bits per heavy atom. The lowest BCUT2D eigenvalue weighted by atomic mass is 10.0. The first-order chi connectivity index (χ1) is 13.5. The van der Waals surface area contributed by atoms with Crippen molar-refractivity contribution >= 4 is 17.4 Å². The van der Waals surface area contributed by atoms with E-state index < -0.39 is 0 Å². The van der Waals surface area contributed by atoms with Crippen LogP contribution in [-0.2, 0) is 6.42 Å². The topological polar surface area (TPSA) is 58.1 Å². The highest BCUT2D eigenvalue weighted by Gasteiger charge is 2.12. The number of carbonyl (C=O) groups excluding carboxylic acids is 1. The molecule has 1 N–H and O–H groups in total. The normalized spacial score (nSPS) is 10.7. The molecule has 2 aromatic heterocycles. The van der Waals surface area contributed by atoms with Gasteiger partial charge in [0.25, 0.3) is 5.91 Å². The molecule has 3 rings (SSSR count). The molecular weight excluding hydrogens is 348 g/mol. The molecule has 28 heavy (non-hydrogen) atoms. The van der Waals surface area contributed by atoms with Gasteiger partial charge >= 0.3 is 0 Å². The summed E-state index contributed by atoms with van der Waals surface area (Å²) in [5.74, 6) is 1.14. The van der Waals surface area contributed by atoms with Gasteiger partial charge in [0.1, 0.15) is 5.82 Å². The van der Waals surface area contributed by atoms with Crippen molar-refractivity contribution in [2.45, 2.75) is 26.2 Å². The maximum atomic E-state index is 12.7. The zero-order valence-corrected chi connectivity index (χ0v) is 16.6. The Morgan fingerprint density at radius 3 is 2.43 bits per heavy atom. The summed E-state index contributed by atoms with van der Waals surface area (Å²) in [4.78, 5) is 22.8. The molecule has 0 bridgehead atoms. The van der Waals surface area contributed by atoms with Crippen LogP contribution in [-0.4, -0.2) is 34.4 Å². The lowest BCUT2D eigenvalue weighted by Gasteiger charge is -2.17. The van der Waals surface area contributed by atoms with Gasteiger partial charge in [0.15, 0.2) is 0 Å². The van der Waals surface area contributed by atoms with Crippen molar-refractivity contribution in [2.24, 2.45) is 0 Å². The predicted octanol–water partition coefficient (Wildman–Crippen LogP) is 4.66. The summed E-state index contributed by atoms with van der Waals surface area (Å²) in [6.45, 7) is 4.99. The van der Waals surface area contributed by atoms with Gasteiger partial charge in [-0.25, -0.2) is 4.98 Å². The summed E-state index contributed by atoms with van der Waals surface area (Å²) in [6.07, 6.45) is 6.00. The smallest absolute Gasteiger partial charge is 0.253 e. The predicted molar refractivity (Wildman–Crippen MR) is 113 cm³/mol. The molecule has 5 heteroatoms. The van der Waals surface area contributed by atoms with Crippen LogP contribution in [0.15, 0.2) is 67.1 Å². The van der Waals surface area contributed by atoms with Crippen LogP contribution in [0.2, 0.25) is 0 Å². The van der Waals surface area contributed by atoms with E-state index in [1.54, 1.807) is 35.6 Å². The third-order valence-corrected chi connectivity index (χ3v) is 4.69. The van der Waals surface area contributed by atoms with E-state index in [0.717, 1.165) is 17.7 Å². The van der Waals surface area contributed by atoms with Crippen LogP contribution in [0.4, 0.5) is 11.5 Å². The summed E-state index contributed by atoms with van der Waals surface area (Å²) in [7, 11) is 1.82. The number of benzene rings is 1. The zero-order valence-electron chi connectivity index (χ0n) is 16.6. The zero-order chi connectivity index (χ0) is 19.9. The molecule has 0 saturated heterocycles. The SMILES string of the molecule is CC(C)c1ccc(Nc2cc(C(=O)N(C)CCc3ccncc3)ccn2)cc1. The van der Waals surface area contributed by atoms with Gasteiger partial charge in [-0.2, -0.15) is 0 Å². The van der Waals surface area contributed by atoms with Crippen molar-refractivity contribution in [3.8, 4) is 0 Å². The second-order valence-corrected chi connectivity index (χ2v) is 7.16. The van der Waals surface area contributed by atoms with Gasteiger partial charge in [-0.15, -0.1) is 0 Å². The van der Waals surface area contributed by atoms with Gasteiger partial charge in [0.2, 0.25) is 0 Å². The molecule has 0 aliphatic heterocycles. The number of rotatable bonds is 7. The average Bonchev–Trinajstić information content (AvgIpc) is 2.73. The van der Waals surface area contributed by atoms with Gasteiger partial charge < -0.3 is 10.2 Å². The van der Waals surface area contributed by atoms with E-state index in [9.17, 15) is 4.79 Å². The first-order valence-electron chi connectivity index (χ1n) is 9.50. The largest absolute Gasteiger partial charge is 0.341 e. The first kappa shape index (κ1) is 19.5. The molecule has 0 radical (unpaired) electrons. The fraction of sp³-hybridized carbons (Fsp3) is 0.261. The van der Waals surface area contributed by atoms with Crippen molar-refractivity contribution in [1.82, 2.24) is 14.9 Å². The lowest BCUT2D eigenvalue weighted by Crippen LogP contribution is -2.28. The molecule has 1 aromatic carbocycles. The van der Waals surface area contributed by atoms with Gasteiger partial charge in [-0.3, -0.25) is 9.78 Å². The van der Waals surface area contributed by atoms with Crippen molar-refractivity contribution in [3.05, 3.63) is 83.8 Å². The van der Waals surface area contributed by atoms with Crippen molar-refractivity contribution in [2.75, 3.05) is 18.9 Å². The van der Waals surface area contributed by atoms with E-state index in [1.807, 2.05) is 31.3 Å². The first-order valence-corrected chi connectivity index (χ1v) is 9.50. The quantitative estimate of drug-likeness (QED) is 0.653. The maximum Gasteiger partial charge on any atom is 0.253 e. The highest BCUT2D eigenvalue weighted by Crippen LogP contribution is 2.20. The number of carbonyl (C=O) groups is 1. The highest BCUT2D eigenvalue weighted by atomic mass is 16.2. The second kappa shape index (κ2) is 9.13. The third-order valence-electron chi connectivity index (χ3n) is 4.69. The summed E-state index contributed by atoms with van der Waals surface area (Å²) in [5.41, 5.74) is 4.02. The molecule has 5 nitrogen and oxygen atoms in total. The Balaban J connectivity index is 1.63. The summed E-state index contributed by atoms with van der Waals surface area (Å²) >= 11 is 0. The number of nitrogens with zero attached hydrogens (tertiary/aromatic N) is 3. The van der Waals surface area contributed by atoms with E-state index in [4.69, 9.17) is 0 Å². The Hall–Kier alpha value is -3.21. The van der Waals surface area contributed by atoms with Crippen molar-refractivity contribution < 1.29 is 4.79 Å². The van der Waals surface area contributed by atoms with Gasteiger partial charge in [-0.1, -0.05) is 26.0 Å². The molecule has 2 heterocycles. The Kier molecular flexibility index (Phi) is 6.37. The fourth-order valence-electron chi connectivity index (χ4n) is 2.90. The molecule has 0 aliphatic carbocycles. The number of likely N-dealkylation sites (N-methyl/N-ethyl adjacent to an activating group) is 1. The fourth-order valence-corrected chi connectivity index (χ4v) is 2.90. The Bertz CT molecular complexity index is 907. The minimum absolute atomic E-state index is 0.0188. The average molecular weight is 374 g/mol. The molecule has 3 aromatic rings. The van der Waals surface area contributed by atoms with Crippen LogP contribution in [0.25, 0.3) is 0 Å². The molecule has 0 aliphatic rings. The summed E-state index contributed by atoms with van der Waals surface area (Å²) in [5, 5.41) is 3.27. The third kappa shape index (κ3) is 5.16. The van der Waals surface area contributed by atoms with E-state index in [0.29, 0.717) is 23.8 Å². The van der Waals surface area contributed by atoms with E-state index in [2.05, 4.69) is 41.3 Å². The summed E-state index contributed by atoms with van der Waals surface area (Å²) < 4.78 is 0. The monoisotopic (exact) mass is 374 g/mol. The van der Waals surface area contributed by atoms with Gasteiger partial charge in [0, 0.05) is 43.4 Å². The van der Waals surface area contributed by atoms with Crippen LogP contribution in [0.3, 0.4) is 0 Å². The van der Waals surface area contributed by atoms with E-state index in [1.165, 1.54) is 5.56 Å². The molecular formula is C23H26N4O. The van der Waals surface area contributed by atoms with Crippen LogP contribution in [0.5, 0.6) is 0 Å². The summed E-state index contributed by atoms with van der Waals surface area (Å²) in [6, 6.07) is 15.8. The molecule has 0 unspecified atom stereocenters. The van der Waals surface area contributed by atoms with Crippen LogP contribution < -0.4 is 5.32 Å². The molecule has 144 valence electrons. The molecule has 0 fully saturated rings. The van der Waals surface area contributed by atoms with Crippen molar-refractivity contribution in [1.29, 1.82) is 0 Å². The number of pyridine rings is 2. The standard InChI is InChI=1S/C23H26N4O/c1-17(2)19-4-6-21(7-5-19)26-22-16-20(10-14-25-22)23(28)27(3)15-11-18-8-12-24-13-9-18/h4-10,12-14,16-17H,11,15H2,1-3H3,(H,25,26). The minimum atomic E-state index is -0.0188. The molecule has 1 amide bonds. The molecule has 0 spiro atoms. The number of amides is 1. The Morgan fingerprint density at radius 1 is 1.04 bits per heavy atom. The number of hydrogen-bond acceptors (Lipinski definition) is 4. The van der Waals surface area contributed by atoms with Crippen LogP contribution in [0, 0.1) is 0 Å². The lowest BCUT2D eigenvalue weighted by molar-refractivity contribution is 0.0796. The van der Waals surface area contributed by atoms with E-state index >= 15 is 0 Å². The van der Waals surface area contributed by atoms with E-state index in [-0.39, 0.29) is 5.91 Å². The number of anilines is 2. The number of aromatic nitrogens is 2. The van der Waals surface area contributed by atoms with Crippen LogP contribution >= 0.6 is 0 Å². The highest BCUT2D eigenvalue weighted by molar-refractivity contribution is 5.94. The minimum Gasteiger partial charge on any atom is -0.341 e. The number of hydrogen-bond donors (Lipinski definition) is 1. The number of nitrogens with one attached hydrogen (secondary N) is 1. The van der Waals surface area contributed by atoms with Gasteiger partial charge in [0.05, 0.1) is 0 Å². The maximum absolute atomic E-state index is 12.7. The molecule has 0 saturated carbocycles. The van der Waals surface area contributed by atoms with Crippen LogP contribution in [0.1, 0.15) is 41.3 Å². The second-order valence-electron chi connectivity index (χ2n) is 7.16. The van der Waals surface area contributed by atoms with Crippen molar-refractivity contribution in [3.63, 3.8) is 0 Å².